The first kappa shape index (κ1) is 11.7. The van der Waals surface area contributed by atoms with Crippen LogP contribution < -0.4 is 5.32 Å². The zero-order valence-electron chi connectivity index (χ0n) is 10.5. The number of rotatable bonds is 1. The summed E-state index contributed by atoms with van der Waals surface area (Å²) in [6.45, 7) is 2.71. The summed E-state index contributed by atoms with van der Waals surface area (Å²) in [5.41, 5.74) is 1.19. The average Bonchev–Trinajstić information content (AvgIpc) is 2.85. The first-order valence-corrected chi connectivity index (χ1v) is 6.20. The van der Waals surface area contributed by atoms with Gasteiger partial charge in [-0.3, -0.25) is 14.7 Å². The first-order chi connectivity index (χ1) is 9.18. The van der Waals surface area contributed by atoms with Crippen molar-refractivity contribution in [3.05, 3.63) is 30.0 Å². The van der Waals surface area contributed by atoms with E-state index in [0.717, 1.165) is 10.9 Å². The van der Waals surface area contributed by atoms with E-state index in [2.05, 4.69) is 15.5 Å². The fraction of sp³-hybridized carbons (Fsp3) is 0.308. The summed E-state index contributed by atoms with van der Waals surface area (Å²) in [6, 6.07) is 7.00. The molecule has 2 heterocycles. The molecule has 2 aromatic rings. The maximum absolute atomic E-state index is 12.5. The lowest BCUT2D eigenvalue weighted by molar-refractivity contribution is -0.127. The van der Waals surface area contributed by atoms with E-state index in [1.165, 1.54) is 0 Å². The van der Waals surface area contributed by atoms with Gasteiger partial charge in [0, 0.05) is 18.5 Å². The van der Waals surface area contributed by atoms with Crippen molar-refractivity contribution in [1.82, 2.24) is 20.4 Å². The van der Waals surface area contributed by atoms with Crippen LogP contribution in [0.4, 0.5) is 0 Å². The van der Waals surface area contributed by atoms with E-state index in [9.17, 15) is 9.59 Å². The number of hydrogen-bond acceptors (Lipinski definition) is 3. The van der Waals surface area contributed by atoms with Crippen LogP contribution in [0.25, 0.3) is 10.9 Å². The van der Waals surface area contributed by atoms with Crippen LogP contribution in [-0.2, 0) is 4.79 Å². The number of carbonyl (C=O) groups excluding carboxylic acids is 2. The van der Waals surface area contributed by atoms with E-state index in [0.29, 0.717) is 18.8 Å². The van der Waals surface area contributed by atoms with Gasteiger partial charge < -0.3 is 10.2 Å². The van der Waals surface area contributed by atoms with Crippen LogP contribution in [0, 0.1) is 0 Å². The maximum Gasteiger partial charge on any atom is 0.275 e. The van der Waals surface area contributed by atoms with Crippen molar-refractivity contribution < 1.29 is 9.59 Å². The van der Waals surface area contributed by atoms with Crippen molar-refractivity contribution in [3.63, 3.8) is 0 Å². The molecule has 1 saturated heterocycles. The fourth-order valence-corrected chi connectivity index (χ4v) is 2.32. The lowest BCUT2D eigenvalue weighted by Gasteiger charge is -2.32. The Morgan fingerprint density at radius 1 is 1.42 bits per heavy atom. The lowest BCUT2D eigenvalue weighted by Crippen LogP contribution is -2.55. The van der Waals surface area contributed by atoms with Gasteiger partial charge in [-0.15, -0.1) is 0 Å². The number of para-hydroxylation sites is 1. The first-order valence-electron chi connectivity index (χ1n) is 6.20. The molecule has 2 amide bonds. The van der Waals surface area contributed by atoms with Crippen molar-refractivity contribution in [2.75, 3.05) is 13.1 Å². The number of nitrogens with zero attached hydrogens (tertiary/aromatic N) is 2. The number of aromatic nitrogens is 2. The third kappa shape index (κ3) is 1.85. The molecule has 1 aliphatic rings. The Labute approximate surface area is 109 Å². The van der Waals surface area contributed by atoms with Gasteiger partial charge in [-0.05, 0) is 13.0 Å². The van der Waals surface area contributed by atoms with Gasteiger partial charge in [0.2, 0.25) is 5.91 Å². The second kappa shape index (κ2) is 4.38. The molecule has 0 radical (unpaired) electrons. The Bertz CT molecular complexity index is 649. The van der Waals surface area contributed by atoms with Gasteiger partial charge >= 0.3 is 0 Å². The Hall–Kier alpha value is -2.37. The Kier molecular flexibility index (Phi) is 2.70. The second-order valence-corrected chi connectivity index (χ2v) is 4.58. The van der Waals surface area contributed by atoms with E-state index in [-0.39, 0.29) is 11.8 Å². The number of amides is 2. The predicted molar refractivity (Wildman–Crippen MR) is 69.6 cm³/mol. The van der Waals surface area contributed by atoms with E-state index < -0.39 is 6.04 Å². The minimum absolute atomic E-state index is 0.126. The number of fused-ring (bicyclic) bond motifs is 1. The Morgan fingerprint density at radius 3 is 3.05 bits per heavy atom. The minimum atomic E-state index is -0.461. The van der Waals surface area contributed by atoms with E-state index in [1.54, 1.807) is 11.8 Å². The zero-order chi connectivity index (χ0) is 13.4. The van der Waals surface area contributed by atoms with E-state index in [4.69, 9.17) is 0 Å². The summed E-state index contributed by atoms with van der Waals surface area (Å²) >= 11 is 0. The van der Waals surface area contributed by atoms with Crippen LogP contribution in [0.3, 0.4) is 0 Å². The predicted octanol–water partition coefficient (Wildman–Crippen LogP) is 0.523. The highest BCUT2D eigenvalue weighted by Gasteiger charge is 2.31. The third-order valence-electron chi connectivity index (χ3n) is 3.43. The summed E-state index contributed by atoms with van der Waals surface area (Å²) in [4.78, 5) is 25.7. The number of H-pyrrole nitrogens is 1. The molecule has 2 N–H and O–H groups in total. The van der Waals surface area contributed by atoms with Crippen LogP contribution in [0.2, 0.25) is 0 Å². The summed E-state index contributed by atoms with van der Waals surface area (Å²) < 4.78 is 0. The van der Waals surface area contributed by atoms with Gasteiger partial charge in [-0.25, -0.2) is 0 Å². The van der Waals surface area contributed by atoms with Crippen LogP contribution in [0.1, 0.15) is 17.4 Å². The molecule has 0 aliphatic carbocycles. The van der Waals surface area contributed by atoms with Gasteiger partial charge in [0.15, 0.2) is 5.69 Å². The monoisotopic (exact) mass is 258 g/mol. The Morgan fingerprint density at radius 2 is 2.21 bits per heavy atom. The van der Waals surface area contributed by atoms with E-state index in [1.807, 2.05) is 24.3 Å². The molecule has 98 valence electrons. The molecule has 0 bridgehead atoms. The molecule has 1 aromatic carbocycles. The minimum Gasteiger partial charge on any atom is -0.353 e. The quantitative estimate of drug-likeness (QED) is 0.783. The smallest absolute Gasteiger partial charge is 0.275 e. The van der Waals surface area contributed by atoms with Crippen LogP contribution in [0.5, 0.6) is 0 Å². The van der Waals surface area contributed by atoms with Gasteiger partial charge in [0.25, 0.3) is 5.91 Å². The standard InChI is InChI=1S/C13H14N4O2/c1-8-12(18)14-6-7-17(8)13(19)11-9-4-2-3-5-10(9)15-16-11/h2-5,8H,6-7H2,1H3,(H,14,18)(H,15,16). The van der Waals surface area contributed by atoms with Gasteiger partial charge in [-0.2, -0.15) is 5.10 Å². The molecule has 1 unspecified atom stereocenters. The lowest BCUT2D eigenvalue weighted by atomic mass is 10.1. The average molecular weight is 258 g/mol. The van der Waals surface area contributed by atoms with Crippen molar-refractivity contribution in [1.29, 1.82) is 0 Å². The number of piperazine rings is 1. The van der Waals surface area contributed by atoms with Crippen LogP contribution >= 0.6 is 0 Å². The van der Waals surface area contributed by atoms with Crippen molar-refractivity contribution >= 4 is 22.7 Å². The molecular weight excluding hydrogens is 244 g/mol. The SMILES string of the molecule is CC1C(=O)NCCN1C(=O)c1n[nH]c2ccccc12. The molecule has 0 spiro atoms. The molecule has 1 atom stereocenters. The van der Waals surface area contributed by atoms with Gasteiger partial charge in [0.05, 0.1) is 5.52 Å². The largest absolute Gasteiger partial charge is 0.353 e. The number of carbonyl (C=O) groups is 2. The second-order valence-electron chi connectivity index (χ2n) is 4.58. The van der Waals surface area contributed by atoms with Crippen LogP contribution in [-0.4, -0.2) is 46.0 Å². The molecule has 1 fully saturated rings. The summed E-state index contributed by atoms with van der Waals surface area (Å²) in [5, 5.41) is 10.4. The van der Waals surface area contributed by atoms with E-state index >= 15 is 0 Å². The molecule has 3 rings (SSSR count). The van der Waals surface area contributed by atoms with Gasteiger partial charge in [0.1, 0.15) is 6.04 Å². The van der Waals surface area contributed by atoms with Gasteiger partial charge in [-0.1, -0.05) is 18.2 Å². The normalized spacial score (nSPS) is 19.5. The molecule has 0 saturated carbocycles. The highest BCUT2D eigenvalue weighted by molar-refractivity contribution is 6.06. The topological polar surface area (TPSA) is 78.1 Å². The molecule has 1 aliphatic heterocycles. The van der Waals surface area contributed by atoms with Crippen LogP contribution in [0.15, 0.2) is 24.3 Å². The fourth-order valence-electron chi connectivity index (χ4n) is 2.32. The zero-order valence-corrected chi connectivity index (χ0v) is 10.5. The number of hydrogen-bond donors (Lipinski definition) is 2. The van der Waals surface area contributed by atoms with Crippen molar-refractivity contribution in [2.45, 2.75) is 13.0 Å². The number of nitrogens with one attached hydrogen (secondary N) is 2. The highest BCUT2D eigenvalue weighted by Crippen LogP contribution is 2.18. The molecule has 6 heteroatoms. The molecular formula is C13H14N4O2. The van der Waals surface area contributed by atoms with Crippen molar-refractivity contribution in [3.8, 4) is 0 Å². The maximum atomic E-state index is 12.5. The summed E-state index contributed by atoms with van der Waals surface area (Å²) in [5.74, 6) is -0.334. The molecule has 1 aromatic heterocycles. The Balaban J connectivity index is 1.97. The third-order valence-corrected chi connectivity index (χ3v) is 3.43. The number of aromatic amines is 1. The summed E-state index contributed by atoms with van der Waals surface area (Å²) in [6.07, 6.45) is 0. The number of benzene rings is 1. The molecule has 6 nitrogen and oxygen atoms in total. The molecule has 19 heavy (non-hydrogen) atoms. The van der Waals surface area contributed by atoms with Crippen molar-refractivity contribution in [2.24, 2.45) is 0 Å². The highest BCUT2D eigenvalue weighted by atomic mass is 16.2. The summed E-state index contributed by atoms with van der Waals surface area (Å²) in [7, 11) is 0.